The van der Waals surface area contributed by atoms with Gasteiger partial charge in [-0.2, -0.15) is 0 Å². The molecule has 3 aromatic rings. The van der Waals surface area contributed by atoms with Crippen LogP contribution in [0.3, 0.4) is 0 Å². The predicted molar refractivity (Wildman–Crippen MR) is 118 cm³/mol. The highest BCUT2D eigenvalue weighted by atomic mass is 35.7. The first kappa shape index (κ1) is 20.7. The Balaban J connectivity index is 1.55. The third kappa shape index (κ3) is 3.90. The Morgan fingerprint density at radius 1 is 1.03 bits per heavy atom. The van der Waals surface area contributed by atoms with Gasteiger partial charge in [0.05, 0.1) is 5.69 Å². The van der Waals surface area contributed by atoms with E-state index in [2.05, 4.69) is 5.32 Å². The number of rotatable bonds is 4. The van der Waals surface area contributed by atoms with E-state index < -0.39 is 15.1 Å². The molecule has 0 aliphatic heterocycles. The minimum absolute atomic E-state index is 0.0298. The van der Waals surface area contributed by atoms with E-state index in [0.29, 0.717) is 10.6 Å². The molecule has 0 aromatic heterocycles. The van der Waals surface area contributed by atoms with Crippen molar-refractivity contribution in [3.05, 3.63) is 82.4 Å². The van der Waals surface area contributed by atoms with Crippen LogP contribution >= 0.6 is 22.3 Å². The lowest BCUT2D eigenvalue weighted by Gasteiger charge is -2.15. The Kier molecular flexibility index (Phi) is 5.49. The average molecular weight is 462 g/mol. The third-order valence-corrected chi connectivity index (χ3v) is 6.87. The van der Waals surface area contributed by atoms with E-state index in [0.717, 1.165) is 22.3 Å². The normalized spacial score (nSPS) is 12.9. The first-order valence-electron chi connectivity index (χ1n) is 9.12. The van der Waals surface area contributed by atoms with Crippen LogP contribution in [-0.2, 0) is 13.8 Å². The number of hydrogen-bond acceptors (Lipinski definition) is 4. The quantitative estimate of drug-likeness (QED) is 0.488. The Bertz CT molecular complexity index is 1210. The molecular formula is C22H17Cl2NO4S. The van der Waals surface area contributed by atoms with Crippen molar-refractivity contribution in [1.82, 2.24) is 0 Å². The SMILES string of the molecule is Cc1cc(S(=O)(=O)Cl)c(NC(=O)OCC2c3ccccc3-c3ccccc32)cc1Cl. The van der Waals surface area contributed by atoms with Crippen LogP contribution in [0.5, 0.6) is 0 Å². The first-order chi connectivity index (χ1) is 14.3. The minimum Gasteiger partial charge on any atom is -0.448 e. The smallest absolute Gasteiger partial charge is 0.411 e. The van der Waals surface area contributed by atoms with Crippen molar-refractivity contribution in [2.75, 3.05) is 11.9 Å². The highest BCUT2D eigenvalue weighted by Crippen LogP contribution is 2.44. The van der Waals surface area contributed by atoms with Crippen LogP contribution in [0.1, 0.15) is 22.6 Å². The van der Waals surface area contributed by atoms with Crippen LogP contribution in [-0.4, -0.2) is 21.1 Å². The molecule has 0 saturated carbocycles. The monoisotopic (exact) mass is 461 g/mol. The molecule has 8 heteroatoms. The van der Waals surface area contributed by atoms with Crippen LogP contribution in [0, 0.1) is 6.92 Å². The number of carbonyl (C=O) groups is 1. The van der Waals surface area contributed by atoms with Gasteiger partial charge in [0, 0.05) is 21.6 Å². The van der Waals surface area contributed by atoms with Crippen LogP contribution < -0.4 is 5.32 Å². The summed E-state index contributed by atoms with van der Waals surface area (Å²) in [4.78, 5) is 12.2. The van der Waals surface area contributed by atoms with Crippen LogP contribution in [0.15, 0.2) is 65.6 Å². The average Bonchev–Trinajstić information content (AvgIpc) is 3.02. The van der Waals surface area contributed by atoms with Crippen molar-refractivity contribution < 1.29 is 17.9 Å². The largest absolute Gasteiger partial charge is 0.448 e. The summed E-state index contributed by atoms with van der Waals surface area (Å²) >= 11 is 6.08. The second-order valence-electron chi connectivity index (χ2n) is 6.99. The first-order valence-corrected chi connectivity index (χ1v) is 11.8. The zero-order valence-corrected chi connectivity index (χ0v) is 18.2. The summed E-state index contributed by atoms with van der Waals surface area (Å²) in [5, 5.41) is 2.75. The molecule has 1 amide bonds. The molecule has 0 unspecified atom stereocenters. The van der Waals surface area contributed by atoms with Crippen molar-refractivity contribution in [3.8, 4) is 11.1 Å². The topological polar surface area (TPSA) is 72.5 Å². The number of halogens is 2. The number of ether oxygens (including phenoxy) is 1. The summed E-state index contributed by atoms with van der Waals surface area (Å²) in [6.45, 7) is 1.74. The predicted octanol–water partition coefficient (Wildman–Crippen LogP) is 5.94. The molecular weight excluding hydrogens is 445 g/mol. The zero-order valence-electron chi connectivity index (χ0n) is 15.9. The van der Waals surface area contributed by atoms with E-state index in [1.165, 1.54) is 12.1 Å². The molecule has 154 valence electrons. The minimum atomic E-state index is -4.09. The Labute approximate surface area is 184 Å². The number of benzene rings is 3. The molecule has 0 fully saturated rings. The van der Waals surface area contributed by atoms with Crippen molar-refractivity contribution in [2.24, 2.45) is 0 Å². The van der Waals surface area contributed by atoms with E-state index in [1.54, 1.807) is 6.92 Å². The van der Waals surface area contributed by atoms with E-state index in [9.17, 15) is 13.2 Å². The fourth-order valence-corrected chi connectivity index (χ4v) is 4.94. The molecule has 5 nitrogen and oxygen atoms in total. The van der Waals surface area contributed by atoms with E-state index >= 15 is 0 Å². The van der Waals surface area contributed by atoms with Gasteiger partial charge in [0.25, 0.3) is 9.05 Å². The van der Waals surface area contributed by atoms with Gasteiger partial charge in [0.1, 0.15) is 11.5 Å². The summed E-state index contributed by atoms with van der Waals surface area (Å²) < 4.78 is 29.2. The molecule has 0 radical (unpaired) electrons. The maximum atomic E-state index is 12.5. The molecule has 30 heavy (non-hydrogen) atoms. The lowest BCUT2D eigenvalue weighted by atomic mass is 9.98. The number of amides is 1. The van der Waals surface area contributed by atoms with Crippen LogP contribution in [0.2, 0.25) is 5.02 Å². The highest BCUT2D eigenvalue weighted by Gasteiger charge is 2.29. The number of carbonyl (C=O) groups excluding carboxylic acids is 1. The molecule has 0 saturated heterocycles. The van der Waals surface area contributed by atoms with Gasteiger partial charge in [-0.1, -0.05) is 60.1 Å². The van der Waals surface area contributed by atoms with Crippen molar-refractivity contribution >= 4 is 43.1 Å². The summed E-state index contributed by atoms with van der Waals surface area (Å²) in [5.74, 6) is -0.110. The molecule has 1 N–H and O–H groups in total. The summed E-state index contributed by atoms with van der Waals surface area (Å²) in [6.07, 6.45) is -0.793. The van der Waals surface area contributed by atoms with Gasteiger partial charge in [-0.05, 0) is 46.9 Å². The van der Waals surface area contributed by atoms with Gasteiger partial charge >= 0.3 is 6.09 Å². The lowest BCUT2D eigenvalue weighted by molar-refractivity contribution is 0.158. The van der Waals surface area contributed by atoms with E-state index in [4.69, 9.17) is 27.0 Å². The van der Waals surface area contributed by atoms with Crippen LogP contribution in [0.25, 0.3) is 11.1 Å². The lowest BCUT2D eigenvalue weighted by Crippen LogP contribution is -2.19. The van der Waals surface area contributed by atoms with Crippen molar-refractivity contribution in [3.63, 3.8) is 0 Å². The second kappa shape index (κ2) is 7.95. The molecule has 1 aliphatic rings. The summed E-state index contributed by atoms with van der Waals surface area (Å²) in [5.41, 5.74) is 4.88. The number of aryl methyl sites for hydroxylation is 1. The summed E-state index contributed by atoms with van der Waals surface area (Å²) in [7, 11) is 1.42. The molecule has 0 spiro atoms. The third-order valence-electron chi connectivity index (χ3n) is 5.10. The van der Waals surface area contributed by atoms with Gasteiger partial charge in [0.2, 0.25) is 0 Å². The van der Waals surface area contributed by atoms with Crippen LogP contribution in [0.4, 0.5) is 10.5 Å². The van der Waals surface area contributed by atoms with Gasteiger partial charge in [-0.25, -0.2) is 13.2 Å². The number of nitrogens with one attached hydrogen (secondary N) is 1. The van der Waals surface area contributed by atoms with Gasteiger partial charge in [-0.3, -0.25) is 5.32 Å². The van der Waals surface area contributed by atoms with Crippen molar-refractivity contribution in [1.29, 1.82) is 0 Å². The standard InChI is InChI=1S/C22H17Cl2NO4S/c1-13-10-21(30(24,27)28)20(11-19(13)23)25-22(26)29-12-18-16-8-4-2-6-14(16)15-7-3-5-9-17(15)18/h2-11,18H,12H2,1H3,(H,25,26). The highest BCUT2D eigenvalue weighted by molar-refractivity contribution is 8.13. The van der Waals surface area contributed by atoms with Crippen molar-refractivity contribution in [2.45, 2.75) is 17.7 Å². The Morgan fingerprint density at radius 3 is 2.17 bits per heavy atom. The van der Waals surface area contributed by atoms with E-state index in [1.807, 2.05) is 48.5 Å². The maximum absolute atomic E-state index is 12.5. The maximum Gasteiger partial charge on any atom is 0.411 e. The fraction of sp³-hybridized carbons (Fsp3) is 0.136. The zero-order chi connectivity index (χ0) is 21.5. The number of hydrogen-bond donors (Lipinski definition) is 1. The fourth-order valence-electron chi connectivity index (χ4n) is 3.70. The summed E-state index contributed by atoms with van der Waals surface area (Å²) in [6, 6.07) is 18.6. The van der Waals surface area contributed by atoms with E-state index in [-0.39, 0.29) is 23.1 Å². The molecule has 0 heterocycles. The molecule has 3 aromatic carbocycles. The van der Waals surface area contributed by atoms with Gasteiger partial charge < -0.3 is 4.74 Å². The molecule has 4 rings (SSSR count). The Hall–Kier alpha value is -2.54. The molecule has 0 atom stereocenters. The molecule has 0 bridgehead atoms. The second-order valence-corrected chi connectivity index (χ2v) is 9.93. The number of fused-ring (bicyclic) bond motifs is 3. The molecule has 1 aliphatic carbocycles. The number of anilines is 1. The Morgan fingerprint density at radius 2 is 1.60 bits per heavy atom. The van der Waals surface area contributed by atoms with Gasteiger partial charge in [0.15, 0.2) is 0 Å². The van der Waals surface area contributed by atoms with Gasteiger partial charge in [-0.15, -0.1) is 0 Å².